The monoisotopic (exact) mass is 443 g/mol. The van der Waals surface area contributed by atoms with Crippen LogP contribution in [0.5, 0.6) is 5.75 Å². The van der Waals surface area contributed by atoms with Crippen LogP contribution in [-0.4, -0.2) is 42.9 Å². The zero-order chi connectivity index (χ0) is 22.8. The zero-order valence-corrected chi connectivity index (χ0v) is 18.8. The maximum absolute atomic E-state index is 12.8. The van der Waals surface area contributed by atoms with Gasteiger partial charge in [0, 0.05) is 24.6 Å². The molecule has 0 saturated carbocycles. The minimum atomic E-state index is -0.606. The number of aliphatic hydroxyl groups is 1. The predicted octanol–water partition coefficient (Wildman–Crippen LogP) is 5.39. The lowest BCUT2D eigenvalue weighted by atomic mass is 9.87. The fourth-order valence-electron chi connectivity index (χ4n) is 5.25. The second-order valence-electron chi connectivity index (χ2n) is 8.82. The van der Waals surface area contributed by atoms with Gasteiger partial charge in [-0.1, -0.05) is 66.7 Å². The number of methoxy groups -OCH3 is 1. The molecule has 0 radical (unpaired) electrons. The van der Waals surface area contributed by atoms with Gasteiger partial charge >= 0.3 is 6.09 Å². The molecule has 0 bridgehead atoms. The summed E-state index contributed by atoms with van der Waals surface area (Å²) in [4.78, 5) is 14.6. The molecule has 1 saturated heterocycles. The van der Waals surface area contributed by atoms with E-state index in [1.54, 1.807) is 12.0 Å². The van der Waals surface area contributed by atoms with Crippen molar-refractivity contribution in [3.63, 3.8) is 0 Å². The van der Waals surface area contributed by atoms with Crippen molar-refractivity contribution < 1.29 is 19.4 Å². The lowest BCUT2D eigenvalue weighted by Crippen LogP contribution is -2.40. The molecule has 1 N–H and O–H groups in total. The topological polar surface area (TPSA) is 59.0 Å². The highest BCUT2D eigenvalue weighted by molar-refractivity contribution is 5.79. The minimum Gasteiger partial charge on any atom is -0.496 e. The number of carbonyl (C=O) groups is 1. The molecule has 33 heavy (non-hydrogen) atoms. The summed E-state index contributed by atoms with van der Waals surface area (Å²) >= 11 is 0. The van der Waals surface area contributed by atoms with E-state index in [4.69, 9.17) is 9.47 Å². The maximum Gasteiger partial charge on any atom is 0.409 e. The average molecular weight is 444 g/mol. The summed E-state index contributed by atoms with van der Waals surface area (Å²) in [6.45, 7) is 1.48. The van der Waals surface area contributed by atoms with Crippen LogP contribution in [0, 0.1) is 5.92 Å². The van der Waals surface area contributed by atoms with E-state index < -0.39 is 6.10 Å². The number of fused-ring (bicyclic) bond motifs is 3. The van der Waals surface area contributed by atoms with Gasteiger partial charge < -0.3 is 19.5 Å². The Morgan fingerprint density at radius 1 is 0.939 bits per heavy atom. The molecule has 5 rings (SSSR count). The van der Waals surface area contributed by atoms with E-state index in [1.807, 2.05) is 48.5 Å². The molecular formula is C28H29NO4. The van der Waals surface area contributed by atoms with Gasteiger partial charge in [-0.15, -0.1) is 0 Å². The Kier molecular flexibility index (Phi) is 6.05. The third kappa shape index (κ3) is 4.09. The molecule has 5 heteroatoms. The van der Waals surface area contributed by atoms with Gasteiger partial charge in [0.05, 0.1) is 13.2 Å². The summed E-state index contributed by atoms with van der Waals surface area (Å²) in [5.41, 5.74) is 5.68. The summed E-state index contributed by atoms with van der Waals surface area (Å²) in [5.74, 6) is 0.842. The smallest absolute Gasteiger partial charge is 0.409 e. The summed E-state index contributed by atoms with van der Waals surface area (Å²) in [6.07, 6.45) is 0.570. The number of rotatable bonds is 5. The van der Waals surface area contributed by atoms with Crippen LogP contribution in [0.25, 0.3) is 11.1 Å². The van der Waals surface area contributed by atoms with Crippen molar-refractivity contribution in [2.24, 2.45) is 5.92 Å². The van der Waals surface area contributed by atoms with Crippen molar-refractivity contribution >= 4 is 6.09 Å². The van der Waals surface area contributed by atoms with Crippen LogP contribution in [0.2, 0.25) is 0 Å². The van der Waals surface area contributed by atoms with Crippen LogP contribution in [-0.2, 0) is 4.74 Å². The standard InChI is InChI=1S/C28H29NO4/c1-32-26-13-7-6-12-24(26)27(30)19-14-16-29(17-15-19)28(31)33-18-25-22-10-4-2-8-20(22)21-9-3-5-11-23(21)25/h2-13,19,25,27,30H,14-18H2,1H3. The number of piperidine rings is 1. The third-order valence-corrected chi connectivity index (χ3v) is 7.04. The molecule has 5 nitrogen and oxygen atoms in total. The number of para-hydroxylation sites is 1. The number of hydrogen-bond donors (Lipinski definition) is 1. The molecule has 1 amide bonds. The number of benzene rings is 3. The Hall–Kier alpha value is -3.31. The van der Waals surface area contributed by atoms with E-state index >= 15 is 0 Å². The van der Waals surface area contributed by atoms with Crippen molar-refractivity contribution in [3.8, 4) is 16.9 Å². The molecule has 3 aromatic carbocycles. The highest BCUT2D eigenvalue weighted by Crippen LogP contribution is 2.44. The molecule has 1 heterocycles. The second kappa shape index (κ2) is 9.28. The molecule has 1 unspecified atom stereocenters. The lowest BCUT2D eigenvalue weighted by molar-refractivity contribution is 0.0453. The SMILES string of the molecule is COc1ccccc1C(O)C1CCN(C(=O)OCC2c3ccccc3-c3ccccc32)CC1. The van der Waals surface area contributed by atoms with Crippen LogP contribution in [0.4, 0.5) is 4.79 Å². The lowest BCUT2D eigenvalue weighted by Gasteiger charge is -2.34. The molecule has 1 atom stereocenters. The van der Waals surface area contributed by atoms with Crippen molar-refractivity contribution in [2.45, 2.75) is 24.9 Å². The van der Waals surface area contributed by atoms with Gasteiger partial charge in [-0.2, -0.15) is 0 Å². The highest BCUT2D eigenvalue weighted by atomic mass is 16.6. The van der Waals surface area contributed by atoms with Crippen LogP contribution >= 0.6 is 0 Å². The fourth-order valence-corrected chi connectivity index (χ4v) is 5.25. The first-order valence-corrected chi connectivity index (χ1v) is 11.6. The first-order chi connectivity index (χ1) is 16.2. The van der Waals surface area contributed by atoms with Crippen molar-refractivity contribution in [1.29, 1.82) is 0 Å². The first kappa shape index (κ1) is 21.5. The van der Waals surface area contributed by atoms with Crippen LogP contribution in [0.1, 0.15) is 41.6 Å². The molecule has 0 spiro atoms. The Balaban J connectivity index is 1.20. The summed E-state index contributed by atoms with van der Waals surface area (Å²) in [5, 5.41) is 10.9. The van der Waals surface area contributed by atoms with Crippen molar-refractivity contribution in [3.05, 3.63) is 89.5 Å². The Morgan fingerprint density at radius 3 is 2.15 bits per heavy atom. The van der Waals surface area contributed by atoms with Gasteiger partial charge in [-0.25, -0.2) is 4.79 Å². The fraction of sp³-hybridized carbons (Fsp3) is 0.321. The minimum absolute atomic E-state index is 0.0613. The van der Waals surface area contributed by atoms with E-state index in [2.05, 4.69) is 24.3 Å². The molecular weight excluding hydrogens is 414 g/mol. The predicted molar refractivity (Wildman–Crippen MR) is 127 cm³/mol. The van der Waals surface area contributed by atoms with Crippen LogP contribution in [0.15, 0.2) is 72.8 Å². The number of hydrogen-bond acceptors (Lipinski definition) is 4. The van der Waals surface area contributed by atoms with Gasteiger partial charge in [0.15, 0.2) is 0 Å². The van der Waals surface area contributed by atoms with E-state index in [0.717, 1.165) is 18.4 Å². The second-order valence-corrected chi connectivity index (χ2v) is 8.82. The Bertz CT molecular complexity index is 1090. The average Bonchev–Trinajstić information content (AvgIpc) is 3.20. The normalized spacial score (nSPS) is 16.7. The van der Waals surface area contributed by atoms with Gasteiger partial charge in [0.2, 0.25) is 0 Å². The molecule has 3 aromatic rings. The zero-order valence-electron chi connectivity index (χ0n) is 18.8. The molecule has 1 fully saturated rings. The highest BCUT2D eigenvalue weighted by Gasteiger charge is 2.32. The van der Waals surface area contributed by atoms with E-state index in [-0.39, 0.29) is 17.9 Å². The molecule has 0 aromatic heterocycles. The van der Waals surface area contributed by atoms with Gasteiger partial charge in [0.25, 0.3) is 0 Å². The number of ether oxygens (including phenoxy) is 2. The Morgan fingerprint density at radius 2 is 1.52 bits per heavy atom. The number of amides is 1. The summed E-state index contributed by atoms with van der Waals surface area (Å²) in [6, 6.07) is 24.3. The van der Waals surface area contributed by atoms with E-state index in [0.29, 0.717) is 25.4 Å². The first-order valence-electron chi connectivity index (χ1n) is 11.6. The van der Waals surface area contributed by atoms with E-state index in [9.17, 15) is 9.90 Å². The number of nitrogens with zero attached hydrogens (tertiary/aromatic N) is 1. The number of likely N-dealkylation sites (tertiary alicyclic amines) is 1. The maximum atomic E-state index is 12.8. The molecule has 170 valence electrons. The third-order valence-electron chi connectivity index (χ3n) is 7.04. The van der Waals surface area contributed by atoms with Crippen LogP contribution in [0.3, 0.4) is 0 Å². The summed E-state index contributed by atoms with van der Waals surface area (Å²) in [7, 11) is 1.62. The number of carbonyl (C=O) groups excluding carboxylic acids is 1. The van der Waals surface area contributed by atoms with Crippen molar-refractivity contribution in [2.75, 3.05) is 26.8 Å². The van der Waals surface area contributed by atoms with E-state index in [1.165, 1.54) is 22.3 Å². The van der Waals surface area contributed by atoms with Crippen LogP contribution < -0.4 is 4.74 Å². The molecule has 2 aliphatic rings. The number of aliphatic hydroxyl groups excluding tert-OH is 1. The van der Waals surface area contributed by atoms with Gasteiger partial charge in [0.1, 0.15) is 12.4 Å². The van der Waals surface area contributed by atoms with Gasteiger partial charge in [-0.3, -0.25) is 0 Å². The summed E-state index contributed by atoms with van der Waals surface area (Å²) < 4.78 is 11.2. The molecule has 1 aliphatic carbocycles. The van der Waals surface area contributed by atoms with Gasteiger partial charge in [-0.05, 0) is 47.1 Å². The largest absolute Gasteiger partial charge is 0.496 e. The van der Waals surface area contributed by atoms with Crippen molar-refractivity contribution in [1.82, 2.24) is 4.90 Å². The Labute approximate surface area is 194 Å². The quantitative estimate of drug-likeness (QED) is 0.574. The molecule has 1 aliphatic heterocycles.